The second-order valence-corrected chi connectivity index (χ2v) is 6.72. The number of aliphatic carboxylic acids is 2. The summed E-state index contributed by atoms with van der Waals surface area (Å²) in [6, 6.07) is -5.26. The van der Waals surface area contributed by atoms with Crippen LogP contribution in [0.5, 0.6) is 0 Å². The van der Waals surface area contributed by atoms with Crippen molar-refractivity contribution >= 4 is 29.7 Å². The fraction of sp³-hybridized carbons (Fsp3) is 0.688. The first kappa shape index (κ1) is 25.3. The molecule has 0 saturated heterocycles. The van der Waals surface area contributed by atoms with Gasteiger partial charge in [-0.05, 0) is 19.8 Å². The number of nitrogens with one attached hydrogen (secondary N) is 3. The number of nitrogens with two attached hydrogens (primary N) is 1. The zero-order valence-corrected chi connectivity index (χ0v) is 16.1. The van der Waals surface area contributed by atoms with Crippen LogP contribution >= 0.6 is 0 Å². The molecule has 0 spiro atoms. The Kier molecular flexibility index (Phi) is 10.1. The fourth-order valence-electron chi connectivity index (χ4n) is 2.00. The molecule has 8 N–H and O–H groups in total. The zero-order valence-electron chi connectivity index (χ0n) is 16.1. The van der Waals surface area contributed by atoms with Gasteiger partial charge in [0.2, 0.25) is 17.7 Å². The highest BCUT2D eigenvalue weighted by molar-refractivity contribution is 5.94. The molecule has 0 aromatic heterocycles. The summed E-state index contributed by atoms with van der Waals surface area (Å²) >= 11 is 0. The maximum Gasteiger partial charge on any atom is 0.326 e. The smallest absolute Gasteiger partial charge is 0.326 e. The summed E-state index contributed by atoms with van der Waals surface area (Å²) in [6.07, 6.45) is -2.31. The van der Waals surface area contributed by atoms with E-state index in [0.29, 0.717) is 0 Å². The molecule has 0 aliphatic carbocycles. The first-order valence-corrected chi connectivity index (χ1v) is 8.57. The number of carboxylic acid groups (broad SMARTS) is 2. The van der Waals surface area contributed by atoms with Gasteiger partial charge < -0.3 is 37.0 Å². The minimum atomic E-state index is -1.75. The summed E-state index contributed by atoms with van der Waals surface area (Å²) in [7, 11) is 0. The molecule has 12 heteroatoms. The number of aliphatic hydroxyl groups is 1. The molecule has 0 aromatic rings. The average Bonchev–Trinajstić information content (AvgIpc) is 2.56. The number of amides is 3. The summed E-state index contributed by atoms with van der Waals surface area (Å²) in [5, 5.41) is 33.9. The summed E-state index contributed by atoms with van der Waals surface area (Å²) in [6.45, 7) is 5.95. The molecule has 0 aliphatic rings. The molecule has 0 radical (unpaired) electrons. The maximum absolute atomic E-state index is 12.2. The molecule has 0 unspecified atom stereocenters. The van der Waals surface area contributed by atoms with Crippen molar-refractivity contribution in [2.24, 2.45) is 11.7 Å². The Balaban J connectivity index is 5.06. The van der Waals surface area contributed by atoms with Crippen LogP contribution in [-0.2, 0) is 24.0 Å². The molecule has 12 nitrogen and oxygen atoms in total. The van der Waals surface area contributed by atoms with Gasteiger partial charge >= 0.3 is 11.9 Å². The van der Waals surface area contributed by atoms with Crippen molar-refractivity contribution < 1.29 is 39.3 Å². The molecular weight excluding hydrogens is 376 g/mol. The van der Waals surface area contributed by atoms with Gasteiger partial charge in [0.05, 0.1) is 18.6 Å². The number of carboxylic acids is 2. The number of hydrogen-bond donors (Lipinski definition) is 7. The highest BCUT2D eigenvalue weighted by Crippen LogP contribution is 2.01. The quantitative estimate of drug-likeness (QED) is 0.192. The van der Waals surface area contributed by atoms with Gasteiger partial charge in [0.15, 0.2) is 0 Å². The Bertz CT molecular complexity index is 607. The number of rotatable bonds is 11. The van der Waals surface area contributed by atoms with E-state index in [4.69, 9.17) is 15.9 Å². The Labute approximate surface area is 161 Å². The van der Waals surface area contributed by atoms with Crippen LogP contribution in [0.3, 0.4) is 0 Å². The highest BCUT2D eigenvalue weighted by Gasteiger charge is 2.32. The summed E-state index contributed by atoms with van der Waals surface area (Å²) in [5.74, 6) is -5.71. The molecule has 5 atom stereocenters. The molecule has 28 heavy (non-hydrogen) atoms. The van der Waals surface area contributed by atoms with Crippen molar-refractivity contribution in [3.05, 3.63) is 0 Å². The van der Waals surface area contributed by atoms with Gasteiger partial charge in [-0.15, -0.1) is 0 Å². The SMILES string of the molecule is CC(C)[C@H](N)C(=O)N[C@@H](C)C(=O)N[C@H](C(=O)N[C@@H](CC(=O)O)C(=O)O)[C@@H](C)O. The van der Waals surface area contributed by atoms with Crippen LogP contribution in [0.1, 0.15) is 34.1 Å². The molecule has 0 aliphatic heterocycles. The van der Waals surface area contributed by atoms with Crippen LogP contribution in [0.2, 0.25) is 0 Å². The molecular formula is C16H28N4O8. The zero-order chi connectivity index (χ0) is 22.2. The third-order valence-corrected chi connectivity index (χ3v) is 3.83. The van der Waals surface area contributed by atoms with Gasteiger partial charge in [0.25, 0.3) is 0 Å². The van der Waals surface area contributed by atoms with Crippen molar-refractivity contribution in [2.45, 2.75) is 64.4 Å². The molecule has 160 valence electrons. The van der Waals surface area contributed by atoms with Crippen LogP contribution in [-0.4, -0.2) is 75.3 Å². The first-order valence-electron chi connectivity index (χ1n) is 8.57. The van der Waals surface area contributed by atoms with Crippen molar-refractivity contribution in [3.8, 4) is 0 Å². The number of hydrogen-bond acceptors (Lipinski definition) is 7. The van der Waals surface area contributed by atoms with Gasteiger partial charge in [0, 0.05) is 0 Å². The van der Waals surface area contributed by atoms with E-state index in [1.54, 1.807) is 13.8 Å². The van der Waals surface area contributed by atoms with Crippen LogP contribution in [0, 0.1) is 5.92 Å². The Morgan fingerprint density at radius 3 is 1.79 bits per heavy atom. The maximum atomic E-state index is 12.2. The standard InChI is InChI=1S/C16H28N4O8/c1-6(2)11(17)14(25)18-7(3)13(24)20-12(8(4)21)15(26)19-9(16(27)28)5-10(22)23/h6-9,11-12,21H,5,17H2,1-4H3,(H,18,25)(H,19,26)(H,20,24)(H,22,23)(H,27,28)/t7-,8+,9-,11-,12-/m0/s1. The van der Waals surface area contributed by atoms with Gasteiger partial charge in [-0.2, -0.15) is 0 Å². The Hall–Kier alpha value is -2.73. The van der Waals surface area contributed by atoms with E-state index in [0.717, 1.165) is 0 Å². The summed E-state index contributed by atoms with van der Waals surface area (Å²) < 4.78 is 0. The van der Waals surface area contributed by atoms with Crippen molar-refractivity contribution in [1.82, 2.24) is 16.0 Å². The monoisotopic (exact) mass is 404 g/mol. The van der Waals surface area contributed by atoms with Crippen LogP contribution in [0.4, 0.5) is 0 Å². The normalized spacial score (nSPS) is 16.2. The number of aliphatic hydroxyl groups excluding tert-OH is 1. The molecule has 0 saturated carbocycles. The van der Waals surface area contributed by atoms with Crippen molar-refractivity contribution in [3.63, 3.8) is 0 Å². The van der Waals surface area contributed by atoms with E-state index in [1.165, 1.54) is 13.8 Å². The van der Waals surface area contributed by atoms with E-state index in [9.17, 15) is 29.1 Å². The van der Waals surface area contributed by atoms with E-state index in [2.05, 4.69) is 10.6 Å². The lowest BCUT2D eigenvalue weighted by molar-refractivity contribution is -0.147. The van der Waals surface area contributed by atoms with Crippen LogP contribution in [0.15, 0.2) is 0 Å². The Morgan fingerprint density at radius 1 is 0.857 bits per heavy atom. The van der Waals surface area contributed by atoms with Gasteiger partial charge in [-0.1, -0.05) is 13.8 Å². The molecule has 0 aromatic carbocycles. The lowest BCUT2D eigenvalue weighted by Gasteiger charge is -2.25. The predicted molar refractivity (Wildman–Crippen MR) is 95.8 cm³/mol. The van der Waals surface area contributed by atoms with Crippen LogP contribution < -0.4 is 21.7 Å². The average molecular weight is 404 g/mol. The highest BCUT2D eigenvalue weighted by atomic mass is 16.4. The van der Waals surface area contributed by atoms with E-state index in [1.807, 2.05) is 5.32 Å². The minimum Gasteiger partial charge on any atom is -0.481 e. The summed E-state index contributed by atoms with van der Waals surface area (Å²) in [4.78, 5) is 58.1. The van der Waals surface area contributed by atoms with Crippen molar-refractivity contribution in [2.75, 3.05) is 0 Å². The Morgan fingerprint density at radius 2 is 1.39 bits per heavy atom. The third-order valence-electron chi connectivity index (χ3n) is 3.83. The minimum absolute atomic E-state index is 0.173. The fourth-order valence-corrected chi connectivity index (χ4v) is 2.00. The summed E-state index contributed by atoms with van der Waals surface area (Å²) in [5.41, 5.74) is 5.68. The van der Waals surface area contributed by atoms with E-state index in [-0.39, 0.29) is 5.92 Å². The lowest BCUT2D eigenvalue weighted by atomic mass is 10.0. The largest absolute Gasteiger partial charge is 0.481 e. The second-order valence-electron chi connectivity index (χ2n) is 6.72. The molecule has 0 rings (SSSR count). The topological polar surface area (TPSA) is 208 Å². The molecule has 0 heterocycles. The molecule has 0 fully saturated rings. The van der Waals surface area contributed by atoms with Crippen LogP contribution in [0.25, 0.3) is 0 Å². The first-order chi connectivity index (χ1) is 12.8. The van der Waals surface area contributed by atoms with Crippen molar-refractivity contribution in [1.29, 1.82) is 0 Å². The molecule has 3 amide bonds. The second kappa shape index (κ2) is 11.2. The third kappa shape index (κ3) is 8.31. The van der Waals surface area contributed by atoms with Gasteiger partial charge in [-0.25, -0.2) is 4.79 Å². The van der Waals surface area contributed by atoms with Gasteiger partial charge in [0.1, 0.15) is 18.1 Å². The van der Waals surface area contributed by atoms with Gasteiger partial charge in [-0.3, -0.25) is 19.2 Å². The van der Waals surface area contributed by atoms with E-state index >= 15 is 0 Å². The molecule has 0 bridgehead atoms. The number of carbonyl (C=O) groups excluding carboxylic acids is 3. The lowest BCUT2D eigenvalue weighted by Crippen LogP contribution is -2.59. The number of carbonyl (C=O) groups is 5. The predicted octanol–water partition coefficient (Wildman–Crippen LogP) is -2.62. The van der Waals surface area contributed by atoms with E-state index < -0.39 is 66.4 Å².